The highest BCUT2D eigenvalue weighted by atomic mass is 14.5. The number of nitrogens with two attached hydrogens (primary N) is 4. The minimum atomic E-state index is 0.844. The first kappa shape index (κ1) is 26.1. The molecule has 0 fully saturated rings. The predicted molar refractivity (Wildman–Crippen MR) is 110 cm³/mol. The van der Waals surface area contributed by atoms with Crippen molar-refractivity contribution >= 4 is 0 Å². The fourth-order valence-corrected chi connectivity index (χ4v) is 2.70. The molecule has 0 spiro atoms. The molecular weight excluding hydrogens is 296 g/mol. The van der Waals surface area contributed by atoms with Gasteiger partial charge in [0.25, 0.3) is 0 Å². The Morgan fingerprint density at radius 1 is 0.208 bits per heavy atom. The number of rotatable bonds is 18. The minimum absolute atomic E-state index is 0.844. The third kappa shape index (κ3) is 29.8. The Morgan fingerprint density at radius 3 is 0.458 bits per heavy atom. The fraction of sp³-hybridized carbons (Fsp3) is 1.00. The lowest BCUT2D eigenvalue weighted by Gasteiger charge is -2.01. The van der Waals surface area contributed by atoms with Gasteiger partial charge in [-0.2, -0.15) is 0 Å². The van der Waals surface area contributed by atoms with E-state index in [9.17, 15) is 0 Å². The van der Waals surface area contributed by atoms with Crippen molar-refractivity contribution < 1.29 is 0 Å². The molecule has 0 aromatic heterocycles. The van der Waals surface area contributed by atoms with E-state index in [1.165, 1.54) is 103 Å². The fourth-order valence-electron chi connectivity index (χ4n) is 2.70. The van der Waals surface area contributed by atoms with Crippen LogP contribution in [0.5, 0.6) is 0 Å². The molecule has 148 valence electrons. The van der Waals surface area contributed by atoms with Crippen LogP contribution in [-0.2, 0) is 0 Å². The summed E-state index contributed by atoms with van der Waals surface area (Å²) in [5.74, 6) is 0. The topological polar surface area (TPSA) is 104 Å². The zero-order valence-corrected chi connectivity index (χ0v) is 16.5. The van der Waals surface area contributed by atoms with E-state index < -0.39 is 0 Å². The molecule has 8 N–H and O–H groups in total. The van der Waals surface area contributed by atoms with Crippen LogP contribution in [0.4, 0.5) is 0 Å². The average Bonchev–Trinajstić information content (AvgIpc) is 2.60. The van der Waals surface area contributed by atoms with Gasteiger partial charge in [-0.05, 0) is 51.9 Å². The van der Waals surface area contributed by atoms with Crippen LogP contribution in [0, 0.1) is 0 Å². The molecule has 0 aromatic carbocycles. The highest BCUT2D eigenvalue weighted by Crippen LogP contribution is 2.09. The molecule has 4 heteroatoms. The van der Waals surface area contributed by atoms with Crippen LogP contribution >= 0.6 is 0 Å². The van der Waals surface area contributed by atoms with Gasteiger partial charge in [0.1, 0.15) is 0 Å². The van der Waals surface area contributed by atoms with Crippen molar-refractivity contribution in [2.75, 3.05) is 26.2 Å². The van der Waals surface area contributed by atoms with Crippen molar-refractivity contribution in [1.82, 2.24) is 0 Å². The number of hydrogen-bond acceptors (Lipinski definition) is 4. The second-order valence-corrected chi connectivity index (χ2v) is 6.81. The summed E-state index contributed by atoms with van der Waals surface area (Å²) in [6.45, 7) is 3.41. The van der Waals surface area contributed by atoms with Crippen molar-refractivity contribution in [1.29, 1.82) is 0 Å². The molecule has 4 nitrogen and oxygen atoms in total. The van der Waals surface area contributed by atoms with E-state index in [1.54, 1.807) is 0 Å². The Balaban J connectivity index is 0. The molecule has 0 heterocycles. The standard InChI is InChI=1S/C12H28N2.C8H20N2/c13-11-9-7-5-3-1-2-4-6-8-10-12-14;9-7-5-3-1-2-4-6-8-10/h1-14H2;1-10H2. The van der Waals surface area contributed by atoms with Gasteiger partial charge in [-0.15, -0.1) is 0 Å². The Kier molecular flexibility index (Phi) is 30.1. The summed E-state index contributed by atoms with van der Waals surface area (Å²) >= 11 is 0. The summed E-state index contributed by atoms with van der Waals surface area (Å²) in [5, 5.41) is 0. The van der Waals surface area contributed by atoms with Crippen LogP contribution in [0.2, 0.25) is 0 Å². The Morgan fingerprint density at radius 2 is 0.333 bits per heavy atom. The Labute approximate surface area is 152 Å². The minimum Gasteiger partial charge on any atom is -0.330 e. The summed E-state index contributed by atoms with van der Waals surface area (Å²) in [5.41, 5.74) is 21.6. The first-order valence-corrected chi connectivity index (χ1v) is 10.6. The average molecular weight is 345 g/mol. The summed E-state index contributed by atoms with van der Waals surface area (Å²) in [6.07, 6.45) is 21.0. The van der Waals surface area contributed by atoms with Gasteiger partial charge in [0.05, 0.1) is 0 Å². The van der Waals surface area contributed by atoms with Crippen LogP contribution in [0.15, 0.2) is 0 Å². The summed E-state index contributed by atoms with van der Waals surface area (Å²) in [7, 11) is 0. The molecule has 0 amide bonds. The predicted octanol–water partition coefficient (Wildman–Crippen LogP) is 4.05. The second-order valence-electron chi connectivity index (χ2n) is 6.81. The molecule has 0 bridgehead atoms. The maximum absolute atomic E-state index is 5.43. The second kappa shape index (κ2) is 27.7. The molecule has 0 aliphatic rings. The normalized spacial score (nSPS) is 10.5. The SMILES string of the molecule is NCCCCCCCCCCCCN.NCCCCCCCCN. The van der Waals surface area contributed by atoms with Gasteiger partial charge in [0, 0.05) is 0 Å². The van der Waals surface area contributed by atoms with E-state index in [0.717, 1.165) is 26.2 Å². The van der Waals surface area contributed by atoms with E-state index in [-0.39, 0.29) is 0 Å². The molecule has 0 aromatic rings. The molecule has 24 heavy (non-hydrogen) atoms. The van der Waals surface area contributed by atoms with Gasteiger partial charge in [-0.1, -0.05) is 77.0 Å². The Hall–Kier alpha value is -0.160. The molecule has 0 saturated carbocycles. The van der Waals surface area contributed by atoms with Crippen molar-refractivity contribution in [3.05, 3.63) is 0 Å². The highest BCUT2D eigenvalue weighted by molar-refractivity contribution is 4.48. The smallest absolute Gasteiger partial charge is 0.00773 e. The van der Waals surface area contributed by atoms with Gasteiger partial charge in [-0.25, -0.2) is 0 Å². The zero-order valence-electron chi connectivity index (χ0n) is 16.5. The van der Waals surface area contributed by atoms with Crippen LogP contribution in [0.25, 0.3) is 0 Å². The van der Waals surface area contributed by atoms with Gasteiger partial charge in [0.2, 0.25) is 0 Å². The molecule has 0 aliphatic carbocycles. The third-order valence-electron chi connectivity index (χ3n) is 4.32. The van der Waals surface area contributed by atoms with Crippen molar-refractivity contribution in [2.24, 2.45) is 22.9 Å². The summed E-state index contributed by atoms with van der Waals surface area (Å²) in [6, 6.07) is 0. The molecule has 0 atom stereocenters. The van der Waals surface area contributed by atoms with Crippen LogP contribution in [-0.4, -0.2) is 26.2 Å². The highest BCUT2D eigenvalue weighted by Gasteiger charge is 1.92. The monoisotopic (exact) mass is 344 g/mol. The molecule has 0 radical (unpaired) electrons. The summed E-state index contributed by atoms with van der Waals surface area (Å²) in [4.78, 5) is 0. The first-order valence-electron chi connectivity index (χ1n) is 10.6. The lowest BCUT2D eigenvalue weighted by molar-refractivity contribution is 0.554. The van der Waals surface area contributed by atoms with E-state index in [2.05, 4.69) is 0 Å². The van der Waals surface area contributed by atoms with Crippen molar-refractivity contribution in [3.8, 4) is 0 Å². The van der Waals surface area contributed by atoms with E-state index in [4.69, 9.17) is 22.9 Å². The molecule has 0 saturated heterocycles. The lowest BCUT2D eigenvalue weighted by atomic mass is 10.1. The quantitative estimate of drug-likeness (QED) is 0.281. The molecule has 0 unspecified atom stereocenters. The largest absolute Gasteiger partial charge is 0.330 e. The van der Waals surface area contributed by atoms with Gasteiger partial charge >= 0.3 is 0 Å². The zero-order chi connectivity index (χ0) is 18.1. The van der Waals surface area contributed by atoms with Gasteiger partial charge in [0.15, 0.2) is 0 Å². The van der Waals surface area contributed by atoms with Crippen LogP contribution < -0.4 is 22.9 Å². The van der Waals surface area contributed by atoms with Crippen molar-refractivity contribution in [2.45, 2.75) is 103 Å². The van der Waals surface area contributed by atoms with Crippen LogP contribution in [0.3, 0.4) is 0 Å². The maximum Gasteiger partial charge on any atom is -0.00773 e. The molecule has 0 rings (SSSR count). The van der Waals surface area contributed by atoms with Crippen molar-refractivity contribution in [3.63, 3.8) is 0 Å². The molecule has 0 aliphatic heterocycles. The van der Waals surface area contributed by atoms with E-state index >= 15 is 0 Å². The maximum atomic E-state index is 5.43. The third-order valence-corrected chi connectivity index (χ3v) is 4.32. The van der Waals surface area contributed by atoms with Crippen LogP contribution in [0.1, 0.15) is 103 Å². The summed E-state index contributed by atoms with van der Waals surface area (Å²) < 4.78 is 0. The van der Waals surface area contributed by atoms with Gasteiger partial charge < -0.3 is 22.9 Å². The lowest BCUT2D eigenvalue weighted by Crippen LogP contribution is -1.99. The van der Waals surface area contributed by atoms with E-state index in [0.29, 0.717) is 0 Å². The number of hydrogen-bond donors (Lipinski definition) is 4. The molecular formula is C20H48N4. The first-order chi connectivity index (χ1) is 11.8. The Bertz CT molecular complexity index is 168. The van der Waals surface area contributed by atoms with Gasteiger partial charge in [-0.3, -0.25) is 0 Å². The van der Waals surface area contributed by atoms with E-state index in [1.807, 2.05) is 0 Å². The number of unbranched alkanes of at least 4 members (excludes halogenated alkanes) is 14.